The van der Waals surface area contributed by atoms with Crippen molar-refractivity contribution in [3.8, 4) is 0 Å². The van der Waals surface area contributed by atoms with Crippen LogP contribution in [0.4, 0.5) is 0 Å². The summed E-state index contributed by atoms with van der Waals surface area (Å²) in [6.45, 7) is 0. The topological polar surface area (TPSA) is 32.3 Å². The van der Waals surface area contributed by atoms with Crippen LogP contribution in [0.2, 0.25) is 0 Å². The van der Waals surface area contributed by atoms with Crippen LogP contribution in [0.5, 0.6) is 0 Å². The van der Waals surface area contributed by atoms with Gasteiger partial charge in [-0.3, -0.25) is 4.79 Å². The Hall–Kier alpha value is -0.570. The lowest BCUT2D eigenvalue weighted by atomic mass is 10.0. The molecular weight excluding hydrogens is 164 g/mol. The van der Waals surface area contributed by atoms with Gasteiger partial charge in [-0.15, -0.1) is 0 Å². The number of amides is 1. The minimum atomic E-state index is 0.102. The molecule has 3 heteroatoms. The highest BCUT2D eigenvalue weighted by Crippen LogP contribution is 2.34. The van der Waals surface area contributed by atoms with Crippen LogP contribution in [0, 0.1) is 5.92 Å². The molecule has 1 aliphatic carbocycles. The Morgan fingerprint density at radius 3 is 2.77 bits per heavy atom. The van der Waals surface area contributed by atoms with E-state index in [1.807, 2.05) is 14.1 Å². The SMILES string of the molecule is CN(C)C(=O)[C@H]1C[C@H]2CCC[C@H]2N1. The van der Waals surface area contributed by atoms with Crippen molar-refractivity contribution in [2.45, 2.75) is 37.8 Å². The second kappa shape index (κ2) is 3.29. The van der Waals surface area contributed by atoms with Gasteiger partial charge in [0.15, 0.2) is 0 Å². The second-order valence-electron chi connectivity index (χ2n) is 4.49. The van der Waals surface area contributed by atoms with Crippen LogP contribution in [0.15, 0.2) is 0 Å². The molecule has 1 N–H and O–H groups in total. The van der Waals surface area contributed by atoms with E-state index >= 15 is 0 Å². The Balaban J connectivity index is 1.95. The van der Waals surface area contributed by atoms with Crippen molar-refractivity contribution in [1.82, 2.24) is 10.2 Å². The Bertz CT molecular complexity index is 203. The van der Waals surface area contributed by atoms with E-state index in [1.165, 1.54) is 19.3 Å². The summed E-state index contributed by atoms with van der Waals surface area (Å²) in [5.74, 6) is 1.02. The molecule has 2 fully saturated rings. The third kappa shape index (κ3) is 1.57. The fraction of sp³-hybridized carbons (Fsp3) is 0.900. The van der Waals surface area contributed by atoms with Crippen LogP contribution in [0.1, 0.15) is 25.7 Å². The number of fused-ring (bicyclic) bond motifs is 1. The quantitative estimate of drug-likeness (QED) is 0.644. The number of hydrogen-bond donors (Lipinski definition) is 1. The maximum atomic E-state index is 11.6. The molecule has 0 spiro atoms. The van der Waals surface area contributed by atoms with E-state index in [0.717, 1.165) is 12.3 Å². The van der Waals surface area contributed by atoms with Gasteiger partial charge in [0.1, 0.15) is 0 Å². The predicted octanol–water partition coefficient (Wildman–Crippen LogP) is 0.605. The summed E-state index contributed by atoms with van der Waals surface area (Å²) in [5.41, 5.74) is 0. The fourth-order valence-electron chi connectivity index (χ4n) is 2.65. The molecule has 0 unspecified atom stereocenters. The summed E-state index contributed by atoms with van der Waals surface area (Å²) < 4.78 is 0. The Morgan fingerprint density at radius 2 is 2.15 bits per heavy atom. The van der Waals surface area contributed by atoms with Crippen molar-refractivity contribution in [3.63, 3.8) is 0 Å². The monoisotopic (exact) mass is 182 g/mol. The average Bonchev–Trinajstić information content (AvgIpc) is 2.59. The van der Waals surface area contributed by atoms with Crippen molar-refractivity contribution >= 4 is 5.91 Å². The van der Waals surface area contributed by atoms with Gasteiger partial charge in [-0.1, -0.05) is 6.42 Å². The van der Waals surface area contributed by atoms with Crippen molar-refractivity contribution in [2.75, 3.05) is 14.1 Å². The van der Waals surface area contributed by atoms with Gasteiger partial charge >= 0.3 is 0 Å². The van der Waals surface area contributed by atoms with Gasteiger partial charge in [-0.2, -0.15) is 0 Å². The summed E-state index contributed by atoms with van der Waals surface area (Å²) in [6, 6.07) is 0.735. The molecule has 74 valence electrons. The van der Waals surface area contributed by atoms with Gasteiger partial charge in [-0.05, 0) is 25.2 Å². The smallest absolute Gasteiger partial charge is 0.239 e. The molecule has 3 nitrogen and oxygen atoms in total. The first-order valence-corrected chi connectivity index (χ1v) is 5.15. The van der Waals surface area contributed by atoms with Crippen LogP contribution in [0.3, 0.4) is 0 Å². The van der Waals surface area contributed by atoms with Crippen LogP contribution >= 0.6 is 0 Å². The van der Waals surface area contributed by atoms with Crippen LogP contribution < -0.4 is 5.32 Å². The third-order valence-corrected chi connectivity index (χ3v) is 3.35. The Kier molecular flexibility index (Phi) is 2.28. The van der Waals surface area contributed by atoms with Gasteiger partial charge < -0.3 is 10.2 Å². The zero-order valence-corrected chi connectivity index (χ0v) is 8.42. The molecule has 1 amide bonds. The first-order valence-electron chi connectivity index (χ1n) is 5.15. The first-order chi connectivity index (χ1) is 6.18. The van der Waals surface area contributed by atoms with Gasteiger partial charge in [0.05, 0.1) is 6.04 Å². The Labute approximate surface area is 79.5 Å². The van der Waals surface area contributed by atoms with Gasteiger partial charge in [0.25, 0.3) is 0 Å². The van der Waals surface area contributed by atoms with Crippen molar-refractivity contribution in [2.24, 2.45) is 5.92 Å². The molecule has 3 atom stereocenters. The molecule has 1 saturated heterocycles. The number of likely N-dealkylation sites (N-methyl/N-ethyl adjacent to an activating group) is 1. The largest absolute Gasteiger partial charge is 0.347 e. The van der Waals surface area contributed by atoms with Gasteiger partial charge in [0.2, 0.25) is 5.91 Å². The Morgan fingerprint density at radius 1 is 1.38 bits per heavy atom. The highest BCUT2D eigenvalue weighted by molar-refractivity contribution is 5.81. The number of carbonyl (C=O) groups is 1. The van der Waals surface area contributed by atoms with E-state index in [0.29, 0.717) is 6.04 Å². The number of nitrogens with zero attached hydrogens (tertiary/aromatic N) is 1. The lowest BCUT2D eigenvalue weighted by Gasteiger charge is -2.17. The number of carbonyl (C=O) groups excluding carboxylic acids is 1. The third-order valence-electron chi connectivity index (χ3n) is 3.35. The molecule has 0 aromatic carbocycles. The summed E-state index contributed by atoms with van der Waals surface area (Å²) in [4.78, 5) is 13.3. The molecule has 0 aromatic rings. The highest BCUT2D eigenvalue weighted by atomic mass is 16.2. The van der Waals surface area contributed by atoms with Gasteiger partial charge in [-0.25, -0.2) is 0 Å². The molecule has 1 saturated carbocycles. The molecule has 0 bridgehead atoms. The molecule has 1 heterocycles. The predicted molar refractivity (Wildman–Crippen MR) is 51.4 cm³/mol. The van der Waals surface area contributed by atoms with E-state index in [2.05, 4.69) is 5.32 Å². The summed E-state index contributed by atoms with van der Waals surface area (Å²) in [7, 11) is 3.66. The lowest BCUT2D eigenvalue weighted by Crippen LogP contribution is -2.41. The minimum Gasteiger partial charge on any atom is -0.347 e. The molecule has 0 radical (unpaired) electrons. The van der Waals surface area contributed by atoms with Crippen molar-refractivity contribution < 1.29 is 4.79 Å². The first kappa shape index (κ1) is 9.00. The highest BCUT2D eigenvalue weighted by Gasteiger charge is 2.39. The van der Waals surface area contributed by atoms with E-state index in [1.54, 1.807) is 4.90 Å². The van der Waals surface area contributed by atoms with Crippen molar-refractivity contribution in [3.05, 3.63) is 0 Å². The standard InChI is InChI=1S/C10H18N2O/c1-12(2)10(13)9-6-7-4-3-5-8(7)11-9/h7-9,11H,3-6H2,1-2H3/t7-,8-,9-/m1/s1. The summed E-state index contributed by atoms with van der Waals surface area (Å²) in [5, 5.41) is 3.44. The normalized spacial score (nSPS) is 37.5. The number of hydrogen-bond acceptors (Lipinski definition) is 2. The molecule has 2 rings (SSSR count). The summed E-state index contributed by atoms with van der Waals surface area (Å²) in [6.07, 6.45) is 4.98. The van der Waals surface area contributed by atoms with Gasteiger partial charge in [0, 0.05) is 20.1 Å². The van der Waals surface area contributed by atoms with E-state index in [9.17, 15) is 4.79 Å². The molecule has 1 aliphatic heterocycles. The number of rotatable bonds is 1. The van der Waals surface area contributed by atoms with Crippen LogP contribution in [-0.4, -0.2) is 37.0 Å². The maximum absolute atomic E-state index is 11.6. The molecular formula is C10H18N2O. The zero-order chi connectivity index (χ0) is 9.42. The fourth-order valence-corrected chi connectivity index (χ4v) is 2.65. The zero-order valence-electron chi connectivity index (χ0n) is 8.42. The maximum Gasteiger partial charge on any atom is 0.239 e. The lowest BCUT2D eigenvalue weighted by molar-refractivity contribution is -0.130. The second-order valence-corrected chi connectivity index (χ2v) is 4.49. The summed E-state index contributed by atoms with van der Waals surface area (Å²) >= 11 is 0. The molecule has 13 heavy (non-hydrogen) atoms. The van der Waals surface area contributed by atoms with Crippen molar-refractivity contribution in [1.29, 1.82) is 0 Å². The van der Waals surface area contributed by atoms with Crippen LogP contribution in [-0.2, 0) is 4.79 Å². The van der Waals surface area contributed by atoms with E-state index < -0.39 is 0 Å². The minimum absolute atomic E-state index is 0.102. The average molecular weight is 182 g/mol. The van der Waals surface area contributed by atoms with E-state index in [-0.39, 0.29) is 11.9 Å². The molecule has 0 aromatic heterocycles. The molecule has 2 aliphatic rings. The van der Waals surface area contributed by atoms with Crippen LogP contribution in [0.25, 0.3) is 0 Å². The van der Waals surface area contributed by atoms with E-state index in [4.69, 9.17) is 0 Å². The number of nitrogens with one attached hydrogen (secondary N) is 1.